The van der Waals surface area contributed by atoms with Crippen LogP contribution in [-0.4, -0.2) is 28.0 Å². The summed E-state index contributed by atoms with van der Waals surface area (Å²) in [5.41, 5.74) is 1.51. The number of carbonyl (C=O) groups excluding carboxylic acids is 2. The second-order valence-corrected chi connectivity index (χ2v) is 5.39. The lowest BCUT2D eigenvalue weighted by atomic mass is 10.1. The quantitative estimate of drug-likeness (QED) is 0.483. The second-order valence-electron chi connectivity index (χ2n) is 3.71. The van der Waals surface area contributed by atoms with E-state index >= 15 is 0 Å². The van der Waals surface area contributed by atoms with E-state index in [4.69, 9.17) is 12.2 Å². The average Bonchev–Trinajstić information content (AvgIpc) is 2.65. The fourth-order valence-electron chi connectivity index (χ4n) is 1.59. The van der Waals surface area contributed by atoms with E-state index in [1.165, 1.54) is 11.8 Å². The maximum Gasteiger partial charge on any atom is 0.266 e. The van der Waals surface area contributed by atoms with Crippen LogP contribution in [-0.2, 0) is 4.79 Å². The van der Waals surface area contributed by atoms with Crippen LogP contribution in [0.3, 0.4) is 0 Å². The molecule has 1 fully saturated rings. The minimum Gasteiger partial charge on any atom is -0.298 e. The molecule has 1 aromatic carbocycles. The molecule has 0 N–H and O–H groups in total. The van der Waals surface area contributed by atoms with Gasteiger partial charge in [-0.05, 0) is 18.6 Å². The molecule has 5 heteroatoms. The highest BCUT2D eigenvalue weighted by Crippen LogP contribution is 2.32. The van der Waals surface area contributed by atoms with E-state index in [0.717, 1.165) is 11.8 Å². The summed E-state index contributed by atoms with van der Waals surface area (Å²) >= 11 is 6.44. The molecule has 0 radical (unpaired) electrons. The lowest BCUT2D eigenvalue weighted by molar-refractivity contribution is -0.121. The molecule has 1 heterocycles. The number of thiocarbonyl (C=S) groups is 1. The molecule has 0 bridgehead atoms. The van der Waals surface area contributed by atoms with Gasteiger partial charge in [-0.25, -0.2) is 0 Å². The number of carbonyl (C=O) groups is 2. The molecule has 1 saturated heterocycles. The number of rotatable bonds is 3. The number of hydrogen-bond acceptors (Lipinski definition) is 4. The molecule has 0 saturated carbocycles. The molecule has 0 aromatic heterocycles. The van der Waals surface area contributed by atoms with Gasteiger partial charge in [-0.15, -0.1) is 0 Å². The average molecular weight is 277 g/mol. The van der Waals surface area contributed by atoms with Gasteiger partial charge in [-0.2, -0.15) is 0 Å². The Morgan fingerprint density at radius 2 is 1.89 bits per heavy atom. The van der Waals surface area contributed by atoms with Crippen LogP contribution < -0.4 is 0 Å². The third-order valence-corrected chi connectivity index (χ3v) is 3.94. The Bertz CT molecular complexity index is 534. The molecule has 0 atom stereocenters. The third kappa shape index (κ3) is 2.52. The van der Waals surface area contributed by atoms with Crippen molar-refractivity contribution in [2.75, 3.05) is 6.54 Å². The number of aldehydes is 1. The zero-order valence-electron chi connectivity index (χ0n) is 9.75. The molecule has 3 nitrogen and oxygen atoms in total. The highest BCUT2D eigenvalue weighted by atomic mass is 32.2. The first kappa shape index (κ1) is 13.0. The smallest absolute Gasteiger partial charge is 0.266 e. The lowest BCUT2D eigenvalue weighted by Gasteiger charge is -2.09. The van der Waals surface area contributed by atoms with Gasteiger partial charge >= 0.3 is 0 Å². The van der Waals surface area contributed by atoms with Crippen LogP contribution in [0.5, 0.6) is 0 Å². The van der Waals surface area contributed by atoms with E-state index in [2.05, 4.69) is 0 Å². The van der Waals surface area contributed by atoms with Crippen LogP contribution in [0.1, 0.15) is 22.8 Å². The summed E-state index contributed by atoms with van der Waals surface area (Å²) in [6.45, 7) is 2.48. The molecule has 0 unspecified atom stereocenters. The van der Waals surface area contributed by atoms with Crippen molar-refractivity contribution in [3.8, 4) is 0 Å². The highest BCUT2D eigenvalue weighted by Gasteiger charge is 2.30. The van der Waals surface area contributed by atoms with Gasteiger partial charge in [0, 0.05) is 12.1 Å². The minimum absolute atomic E-state index is 0.0491. The summed E-state index contributed by atoms with van der Waals surface area (Å²) in [6.07, 6.45) is 2.59. The second kappa shape index (κ2) is 5.46. The summed E-state index contributed by atoms with van der Waals surface area (Å²) < 4.78 is 0.596. The monoisotopic (exact) mass is 277 g/mol. The van der Waals surface area contributed by atoms with Gasteiger partial charge in [0.15, 0.2) is 0 Å². The van der Waals surface area contributed by atoms with Gasteiger partial charge in [-0.1, -0.05) is 48.2 Å². The molecular formula is C13H11NO2S2. The van der Waals surface area contributed by atoms with Gasteiger partial charge in [0.2, 0.25) is 0 Å². The molecule has 18 heavy (non-hydrogen) atoms. The maximum atomic E-state index is 12.0. The lowest BCUT2D eigenvalue weighted by Crippen LogP contribution is -2.27. The molecular weight excluding hydrogens is 266 g/mol. The summed E-state index contributed by atoms with van der Waals surface area (Å²) in [5, 5.41) is 0. The first-order valence-corrected chi connectivity index (χ1v) is 6.68. The Morgan fingerprint density at radius 3 is 2.39 bits per heavy atom. The number of thioether (sulfide) groups is 1. The van der Waals surface area contributed by atoms with Crippen LogP contribution in [0.2, 0.25) is 0 Å². The normalized spacial score (nSPS) is 17.6. The summed E-state index contributed by atoms with van der Waals surface area (Å²) in [7, 11) is 0. The topological polar surface area (TPSA) is 37.4 Å². The molecule has 0 aliphatic carbocycles. The van der Waals surface area contributed by atoms with Crippen LogP contribution in [0.15, 0.2) is 29.2 Å². The Labute approximate surface area is 115 Å². The molecule has 2 rings (SSSR count). The van der Waals surface area contributed by atoms with Crippen molar-refractivity contribution in [2.45, 2.75) is 6.92 Å². The van der Waals surface area contributed by atoms with Gasteiger partial charge in [0.1, 0.15) is 10.6 Å². The zero-order valence-corrected chi connectivity index (χ0v) is 11.4. The first-order valence-electron chi connectivity index (χ1n) is 5.46. The van der Waals surface area contributed by atoms with E-state index in [-0.39, 0.29) is 5.91 Å². The molecule has 0 spiro atoms. The van der Waals surface area contributed by atoms with Crippen molar-refractivity contribution in [2.24, 2.45) is 0 Å². The van der Waals surface area contributed by atoms with Crippen molar-refractivity contribution in [1.29, 1.82) is 0 Å². The van der Waals surface area contributed by atoms with Crippen molar-refractivity contribution < 1.29 is 9.59 Å². The Kier molecular flexibility index (Phi) is 3.93. The fourth-order valence-corrected chi connectivity index (χ4v) is 2.98. The van der Waals surface area contributed by atoms with Gasteiger partial charge in [0.25, 0.3) is 5.91 Å². The Hall–Kier alpha value is -1.46. The summed E-state index contributed by atoms with van der Waals surface area (Å²) in [6, 6.07) is 7.06. The van der Waals surface area contributed by atoms with Gasteiger partial charge < -0.3 is 0 Å². The van der Waals surface area contributed by atoms with E-state index in [9.17, 15) is 9.59 Å². The predicted molar refractivity (Wildman–Crippen MR) is 77.4 cm³/mol. The van der Waals surface area contributed by atoms with Gasteiger partial charge in [-0.3, -0.25) is 14.5 Å². The molecule has 1 aliphatic rings. The van der Waals surface area contributed by atoms with Gasteiger partial charge in [0.05, 0.1) is 4.91 Å². The largest absolute Gasteiger partial charge is 0.298 e. The van der Waals surface area contributed by atoms with E-state index in [0.29, 0.717) is 21.3 Å². The molecule has 92 valence electrons. The van der Waals surface area contributed by atoms with Crippen LogP contribution in [0.25, 0.3) is 6.08 Å². The van der Waals surface area contributed by atoms with Crippen LogP contribution in [0, 0.1) is 0 Å². The number of hydrogen-bond donors (Lipinski definition) is 0. The van der Waals surface area contributed by atoms with Crippen LogP contribution in [0.4, 0.5) is 0 Å². The number of benzene rings is 1. The highest BCUT2D eigenvalue weighted by molar-refractivity contribution is 8.26. The fraction of sp³-hybridized carbons (Fsp3) is 0.154. The van der Waals surface area contributed by atoms with Crippen molar-refractivity contribution in [3.63, 3.8) is 0 Å². The predicted octanol–water partition coefficient (Wildman–Crippen LogP) is 2.72. The maximum absolute atomic E-state index is 12.0. The Balaban J connectivity index is 2.25. The molecule has 1 aromatic rings. The molecule has 1 amide bonds. The van der Waals surface area contributed by atoms with Crippen molar-refractivity contribution >= 4 is 46.6 Å². The van der Waals surface area contributed by atoms with Crippen molar-refractivity contribution in [3.05, 3.63) is 40.3 Å². The Morgan fingerprint density at radius 1 is 1.28 bits per heavy atom. The summed E-state index contributed by atoms with van der Waals surface area (Å²) in [5.74, 6) is -0.0491. The minimum atomic E-state index is -0.0491. The molecule has 1 aliphatic heterocycles. The number of amides is 1. The SMILES string of the molecule is CCN1C(=O)/C(=C\c2ccc(C=O)cc2)SC1=S. The summed E-state index contributed by atoms with van der Waals surface area (Å²) in [4.78, 5) is 24.7. The number of nitrogens with zero attached hydrogens (tertiary/aromatic N) is 1. The van der Waals surface area contributed by atoms with E-state index in [1.54, 1.807) is 23.1 Å². The van der Waals surface area contributed by atoms with Crippen molar-refractivity contribution in [1.82, 2.24) is 4.90 Å². The first-order chi connectivity index (χ1) is 8.65. The third-order valence-electron chi connectivity index (χ3n) is 2.56. The van der Waals surface area contributed by atoms with Crippen LogP contribution >= 0.6 is 24.0 Å². The number of likely N-dealkylation sites (N-methyl/N-ethyl adjacent to an activating group) is 1. The standard InChI is InChI=1S/C13H11NO2S2/c1-2-14-12(16)11(18-13(14)17)7-9-3-5-10(8-15)6-4-9/h3-8H,2H2,1H3/b11-7+. The van der Waals surface area contributed by atoms with E-state index < -0.39 is 0 Å². The van der Waals surface area contributed by atoms with E-state index in [1.807, 2.05) is 19.1 Å². The zero-order chi connectivity index (χ0) is 13.1.